The number of unbranched alkanes of at least 4 members (excludes halogenated alkanes) is 1. The van der Waals surface area contributed by atoms with E-state index in [1.54, 1.807) is 0 Å². The second-order valence-corrected chi connectivity index (χ2v) is 6.22. The SMILES string of the molecule is CCCCN1C=CN(Cc2ccccc2)C1.N[C@@H](CCC(=O)O)C(=O)O. The molecule has 4 N–H and O–H groups in total. The van der Waals surface area contributed by atoms with Crippen LogP contribution in [0.2, 0.25) is 0 Å². The number of benzene rings is 1. The first kappa shape index (κ1) is 21.5. The first-order valence-electron chi connectivity index (χ1n) is 8.83. The zero-order valence-electron chi connectivity index (χ0n) is 15.3. The van der Waals surface area contributed by atoms with Crippen molar-refractivity contribution in [3.05, 3.63) is 48.3 Å². The number of nitrogens with zero attached hydrogens (tertiary/aromatic N) is 2. The van der Waals surface area contributed by atoms with Crippen LogP contribution in [0, 0.1) is 0 Å². The summed E-state index contributed by atoms with van der Waals surface area (Å²) in [5, 5.41) is 16.3. The summed E-state index contributed by atoms with van der Waals surface area (Å²) in [7, 11) is 0. The molecule has 0 saturated heterocycles. The Balaban J connectivity index is 0.000000294. The molecule has 0 fully saturated rings. The van der Waals surface area contributed by atoms with Gasteiger partial charge < -0.3 is 25.7 Å². The molecule has 0 unspecified atom stereocenters. The van der Waals surface area contributed by atoms with Gasteiger partial charge in [-0.2, -0.15) is 0 Å². The summed E-state index contributed by atoms with van der Waals surface area (Å²) in [6, 6.07) is 9.58. The number of carboxylic acids is 2. The number of nitrogens with two attached hydrogens (primary N) is 1. The van der Waals surface area contributed by atoms with E-state index in [1.165, 1.54) is 24.9 Å². The molecule has 26 heavy (non-hydrogen) atoms. The third-order valence-corrected chi connectivity index (χ3v) is 3.87. The van der Waals surface area contributed by atoms with Crippen LogP contribution in [-0.2, 0) is 16.1 Å². The van der Waals surface area contributed by atoms with Crippen LogP contribution in [0.3, 0.4) is 0 Å². The minimum atomic E-state index is -1.17. The minimum Gasteiger partial charge on any atom is -0.481 e. The molecule has 7 nitrogen and oxygen atoms in total. The second-order valence-electron chi connectivity index (χ2n) is 6.22. The van der Waals surface area contributed by atoms with Crippen molar-refractivity contribution in [2.75, 3.05) is 13.2 Å². The normalized spacial score (nSPS) is 13.9. The van der Waals surface area contributed by atoms with Gasteiger partial charge in [0.05, 0.1) is 6.67 Å². The molecule has 1 aliphatic rings. The van der Waals surface area contributed by atoms with Gasteiger partial charge in [0.25, 0.3) is 0 Å². The summed E-state index contributed by atoms with van der Waals surface area (Å²) >= 11 is 0. The standard InChI is InChI=1S/C14H20N2.C5H9NO4/c1-2-3-9-15-10-11-16(13-15)12-14-7-5-4-6-8-14;6-3(5(9)10)1-2-4(7)8/h4-8,10-11H,2-3,9,12-13H2,1H3;3H,1-2,6H2,(H,7,8)(H,9,10)/t;3-/m.0/s1. The zero-order chi connectivity index (χ0) is 19.4. The van der Waals surface area contributed by atoms with Gasteiger partial charge >= 0.3 is 11.9 Å². The highest BCUT2D eigenvalue weighted by Gasteiger charge is 2.12. The monoisotopic (exact) mass is 363 g/mol. The topological polar surface area (TPSA) is 107 Å². The average molecular weight is 363 g/mol. The van der Waals surface area contributed by atoms with E-state index in [-0.39, 0.29) is 12.8 Å². The highest BCUT2D eigenvalue weighted by molar-refractivity contribution is 5.74. The van der Waals surface area contributed by atoms with Crippen LogP contribution in [0.15, 0.2) is 42.7 Å². The molecule has 2 rings (SSSR count). The van der Waals surface area contributed by atoms with Crippen molar-refractivity contribution in [1.82, 2.24) is 9.80 Å². The molecule has 1 atom stereocenters. The maximum absolute atomic E-state index is 9.99. The first-order chi connectivity index (χ1) is 12.4. The molecule has 1 aliphatic heterocycles. The summed E-state index contributed by atoms with van der Waals surface area (Å²) in [6.45, 7) is 5.47. The summed E-state index contributed by atoms with van der Waals surface area (Å²) in [5.41, 5.74) is 6.38. The second kappa shape index (κ2) is 11.9. The van der Waals surface area contributed by atoms with Gasteiger partial charge in [0, 0.05) is 31.9 Å². The van der Waals surface area contributed by atoms with Gasteiger partial charge in [-0.15, -0.1) is 0 Å². The lowest BCUT2D eigenvalue weighted by molar-refractivity contribution is -0.139. The van der Waals surface area contributed by atoms with Gasteiger partial charge in [0.15, 0.2) is 0 Å². The van der Waals surface area contributed by atoms with Gasteiger partial charge in [-0.3, -0.25) is 9.59 Å². The molecule has 0 amide bonds. The van der Waals surface area contributed by atoms with Gasteiger partial charge in [0.2, 0.25) is 0 Å². The maximum Gasteiger partial charge on any atom is 0.320 e. The Bertz CT molecular complexity index is 577. The molecular weight excluding hydrogens is 334 g/mol. The molecule has 0 aromatic heterocycles. The fourth-order valence-corrected chi connectivity index (χ4v) is 2.35. The highest BCUT2D eigenvalue weighted by Crippen LogP contribution is 2.12. The number of carboxylic acid groups (broad SMARTS) is 2. The van der Waals surface area contributed by atoms with Crippen molar-refractivity contribution in [3.63, 3.8) is 0 Å². The summed E-state index contributed by atoms with van der Waals surface area (Å²) < 4.78 is 0. The van der Waals surface area contributed by atoms with Crippen LogP contribution in [-0.4, -0.2) is 51.2 Å². The largest absolute Gasteiger partial charge is 0.481 e. The van der Waals surface area contributed by atoms with Crippen molar-refractivity contribution in [1.29, 1.82) is 0 Å². The highest BCUT2D eigenvalue weighted by atomic mass is 16.4. The Morgan fingerprint density at radius 1 is 1.15 bits per heavy atom. The van der Waals surface area contributed by atoms with Crippen molar-refractivity contribution in [2.45, 2.75) is 45.2 Å². The zero-order valence-corrected chi connectivity index (χ0v) is 15.3. The predicted octanol–water partition coefficient (Wildman–Crippen LogP) is 2.30. The Labute approximate surface area is 154 Å². The fraction of sp³-hybridized carbons (Fsp3) is 0.474. The Hall–Kier alpha value is -2.54. The van der Waals surface area contributed by atoms with E-state index < -0.39 is 18.0 Å². The smallest absolute Gasteiger partial charge is 0.320 e. The molecule has 1 heterocycles. The molecule has 1 aromatic rings. The molecule has 7 heteroatoms. The number of rotatable bonds is 9. The van der Waals surface area contributed by atoms with Gasteiger partial charge in [-0.1, -0.05) is 43.7 Å². The molecule has 0 saturated carbocycles. The molecule has 0 aliphatic carbocycles. The maximum atomic E-state index is 9.99. The minimum absolute atomic E-state index is 0.0231. The lowest BCUT2D eigenvalue weighted by Crippen LogP contribution is -2.30. The van der Waals surface area contributed by atoms with Crippen LogP contribution in [0.25, 0.3) is 0 Å². The van der Waals surface area contributed by atoms with E-state index in [9.17, 15) is 9.59 Å². The number of aliphatic carboxylic acids is 2. The Kier molecular flexibility index (Phi) is 9.86. The van der Waals surface area contributed by atoms with Gasteiger partial charge in [-0.05, 0) is 18.4 Å². The number of hydrogen-bond donors (Lipinski definition) is 3. The lowest BCUT2D eigenvalue weighted by atomic mass is 10.2. The first-order valence-corrected chi connectivity index (χ1v) is 8.83. The number of carbonyl (C=O) groups is 2. The third kappa shape index (κ3) is 9.08. The molecular formula is C19H29N3O4. The summed E-state index contributed by atoms with van der Waals surface area (Å²) in [4.78, 5) is 24.6. The number of hydrogen-bond acceptors (Lipinski definition) is 5. The van der Waals surface area contributed by atoms with E-state index in [4.69, 9.17) is 15.9 Å². The van der Waals surface area contributed by atoms with Gasteiger partial charge in [-0.25, -0.2) is 0 Å². The quantitative estimate of drug-likeness (QED) is 0.618. The molecule has 0 radical (unpaired) electrons. The third-order valence-electron chi connectivity index (χ3n) is 3.87. The van der Waals surface area contributed by atoms with E-state index in [1.807, 2.05) is 0 Å². The molecule has 0 spiro atoms. The van der Waals surface area contributed by atoms with Crippen LogP contribution in [0.5, 0.6) is 0 Å². The van der Waals surface area contributed by atoms with Crippen molar-refractivity contribution < 1.29 is 19.8 Å². The molecule has 0 bridgehead atoms. The van der Waals surface area contributed by atoms with Crippen LogP contribution in [0.1, 0.15) is 38.2 Å². The average Bonchev–Trinajstić information content (AvgIpc) is 3.06. The fourth-order valence-electron chi connectivity index (χ4n) is 2.35. The Morgan fingerprint density at radius 2 is 1.81 bits per heavy atom. The van der Waals surface area contributed by atoms with Crippen molar-refractivity contribution in [3.8, 4) is 0 Å². The lowest BCUT2D eigenvalue weighted by Gasteiger charge is -2.21. The summed E-state index contributed by atoms with van der Waals surface area (Å²) in [6.07, 6.45) is 6.73. The van der Waals surface area contributed by atoms with E-state index in [0.29, 0.717) is 0 Å². The molecule has 144 valence electrons. The van der Waals surface area contributed by atoms with E-state index in [2.05, 4.69) is 59.5 Å². The van der Waals surface area contributed by atoms with Crippen LogP contribution < -0.4 is 5.73 Å². The van der Waals surface area contributed by atoms with Gasteiger partial charge in [0.1, 0.15) is 6.04 Å². The van der Waals surface area contributed by atoms with Crippen molar-refractivity contribution in [2.24, 2.45) is 5.73 Å². The van der Waals surface area contributed by atoms with E-state index >= 15 is 0 Å². The van der Waals surface area contributed by atoms with E-state index in [0.717, 1.165) is 13.2 Å². The summed E-state index contributed by atoms with van der Waals surface area (Å²) in [5.74, 6) is -2.20. The van der Waals surface area contributed by atoms with Crippen LogP contribution in [0.4, 0.5) is 0 Å². The Morgan fingerprint density at radius 3 is 2.38 bits per heavy atom. The van der Waals surface area contributed by atoms with Crippen LogP contribution >= 0.6 is 0 Å². The van der Waals surface area contributed by atoms with Crippen molar-refractivity contribution >= 4 is 11.9 Å². The molecule has 1 aromatic carbocycles. The predicted molar refractivity (Wildman–Crippen MR) is 100 cm³/mol.